The van der Waals surface area contributed by atoms with E-state index in [1.165, 1.54) is 5.69 Å². The van der Waals surface area contributed by atoms with Crippen molar-refractivity contribution in [3.63, 3.8) is 0 Å². The third-order valence-electron chi connectivity index (χ3n) is 4.35. The van der Waals surface area contributed by atoms with Gasteiger partial charge in [-0.3, -0.25) is 4.90 Å². The van der Waals surface area contributed by atoms with Crippen LogP contribution in [0.5, 0.6) is 0 Å². The Bertz CT molecular complexity index is 448. The highest BCUT2D eigenvalue weighted by atomic mass is 35.5. The van der Waals surface area contributed by atoms with Gasteiger partial charge in [0.2, 0.25) is 0 Å². The van der Waals surface area contributed by atoms with Crippen molar-refractivity contribution in [3.05, 3.63) is 24.3 Å². The first-order chi connectivity index (χ1) is 10.0. The van der Waals surface area contributed by atoms with Gasteiger partial charge in [-0.2, -0.15) is 0 Å². The summed E-state index contributed by atoms with van der Waals surface area (Å²) in [5, 5.41) is 0. The predicted octanol–water partition coefficient (Wildman–Crippen LogP) is -2.19. The van der Waals surface area contributed by atoms with Crippen molar-refractivity contribution in [2.24, 2.45) is 0 Å². The maximum atomic E-state index is 5.89. The fourth-order valence-corrected chi connectivity index (χ4v) is 3.42. The zero-order chi connectivity index (χ0) is 17.1. The molecule has 0 amide bonds. The van der Waals surface area contributed by atoms with Gasteiger partial charge in [-0.15, -0.1) is 24.8 Å². The Balaban J connectivity index is -0.000000605. The number of rotatable bonds is 7. The smallest absolute Gasteiger partial charge is 0.168 e. The van der Waals surface area contributed by atoms with Crippen LogP contribution in [0.1, 0.15) is 26.7 Å². The number of halogens is 4. The van der Waals surface area contributed by atoms with Crippen LogP contribution in [0.3, 0.4) is 0 Å². The van der Waals surface area contributed by atoms with E-state index in [2.05, 4.69) is 73.2 Å². The normalized spacial score (nSPS) is 13.1. The monoisotopic (exact) mass is 450 g/mol. The van der Waals surface area contributed by atoms with Crippen LogP contribution in [-0.2, 0) is 0 Å². The van der Waals surface area contributed by atoms with E-state index in [1.54, 1.807) is 0 Å². The molecule has 0 aliphatic heterocycles. The molecule has 1 aromatic rings. The topological polar surface area (TPSA) is 29.3 Å². The van der Waals surface area contributed by atoms with Crippen LogP contribution in [0.2, 0.25) is 0 Å². The van der Waals surface area contributed by atoms with E-state index in [4.69, 9.17) is 5.73 Å². The summed E-state index contributed by atoms with van der Waals surface area (Å²) in [6.45, 7) is 4.56. The molecule has 0 spiro atoms. The van der Waals surface area contributed by atoms with E-state index >= 15 is 0 Å². The minimum Gasteiger partial charge on any atom is -1.00 e. The maximum absolute atomic E-state index is 5.89. The van der Waals surface area contributed by atoms with Crippen LogP contribution in [-0.4, -0.2) is 63.6 Å². The molecule has 0 radical (unpaired) electrons. The average molecular weight is 452 g/mol. The molecule has 26 heavy (non-hydrogen) atoms. The van der Waals surface area contributed by atoms with Crippen molar-refractivity contribution in [2.75, 3.05) is 52.9 Å². The lowest BCUT2D eigenvalue weighted by Crippen LogP contribution is -3.00. The summed E-state index contributed by atoms with van der Waals surface area (Å²) in [5.74, 6) is 0. The number of nitrogen functional groups attached to an aromatic ring is 1. The van der Waals surface area contributed by atoms with Gasteiger partial charge in [0.1, 0.15) is 0 Å². The first kappa shape index (κ1) is 33.5. The maximum Gasteiger partial charge on any atom is 0.168 e. The second-order valence-corrected chi connectivity index (χ2v) is 8.01. The number of benzene rings is 1. The van der Waals surface area contributed by atoms with E-state index in [0.29, 0.717) is 12.3 Å². The summed E-state index contributed by atoms with van der Waals surface area (Å²) in [6.07, 6.45) is 3.05. The van der Waals surface area contributed by atoms with Gasteiger partial charge < -0.3 is 39.5 Å². The minimum atomic E-state index is 0. The fraction of sp³-hybridized carbons (Fsp3) is 0.667. The molecule has 8 heteroatoms. The van der Waals surface area contributed by atoms with Crippen LogP contribution in [0.15, 0.2) is 24.3 Å². The zero-order valence-electron chi connectivity index (χ0n) is 17.4. The Labute approximate surface area is 185 Å². The number of anilines is 2. The van der Waals surface area contributed by atoms with Gasteiger partial charge in [0.25, 0.3) is 0 Å². The summed E-state index contributed by atoms with van der Waals surface area (Å²) >= 11 is 0. The standard InChI is InChI=1S/C18H36N4.4ClH/c1-9-17(21(3,4)5)20(18(10-2)22(6,7)8)16-13-11-15(19)12-14-16;;;;/h11-14,17-18H,9-10,19H2,1-8H3;4*1H/q+2;;;;/p-2. The molecule has 0 saturated carbocycles. The molecule has 0 saturated heterocycles. The van der Waals surface area contributed by atoms with Gasteiger partial charge >= 0.3 is 0 Å². The third kappa shape index (κ3) is 8.73. The van der Waals surface area contributed by atoms with Gasteiger partial charge in [-0.1, -0.05) is 13.8 Å². The molecule has 0 heterocycles. The molecule has 2 unspecified atom stereocenters. The Morgan fingerprint density at radius 3 is 1.31 bits per heavy atom. The van der Waals surface area contributed by atoms with Crippen molar-refractivity contribution in [3.8, 4) is 0 Å². The molecule has 0 aliphatic rings. The highest BCUT2D eigenvalue weighted by Crippen LogP contribution is 2.29. The number of nitrogens with zero attached hydrogens (tertiary/aromatic N) is 3. The largest absolute Gasteiger partial charge is 1.00 e. The third-order valence-corrected chi connectivity index (χ3v) is 4.35. The quantitative estimate of drug-likeness (QED) is 0.290. The van der Waals surface area contributed by atoms with Gasteiger partial charge in [-0.05, 0) is 24.3 Å². The van der Waals surface area contributed by atoms with Crippen molar-refractivity contribution >= 4 is 36.2 Å². The van der Waals surface area contributed by atoms with Crippen LogP contribution >= 0.6 is 24.8 Å². The molecule has 1 rings (SSSR count). The van der Waals surface area contributed by atoms with Crippen LogP contribution in [0.25, 0.3) is 0 Å². The Kier molecular flexibility index (Phi) is 16.9. The van der Waals surface area contributed by atoms with Crippen molar-refractivity contribution in [1.82, 2.24) is 0 Å². The molecule has 0 aliphatic carbocycles. The van der Waals surface area contributed by atoms with Gasteiger partial charge in [0.15, 0.2) is 12.3 Å². The number of nitrogens with two attached hydrogens (primary N) is 1. The Hall–Kier alpha value is -0.100. The Morgan fingerprint density at radius 2 is 1.08 bits per heavy atom. The van der Waals surface area contributed by atoms with Crippen molar-refractivity contribution in [1.29, 1.82) is 0 Å². The molecule has 0 bridgehead atoms. The number of hydrogen-bond acceptors (Lipinski definition) is 2. The molecule has 158 valence electrons. The van der Waals surface area contributed by atoms with E-state index in [0.717, 1.165) is 27.5 Å². The summed E-state index contributed by atoms with van der Waals surface area (Å²) in [6, 6.07) is 8.33. The molecule has 0 aromatic heterocycles. The van der Waals surface area contributed by atoms with Gasteiger partial charge in [-0.25, -0.2) is 0 Å². The second kappa shape index (κ2) is 13.1. The predicted molar refractivity (Wildman–Crippen MR) is 112 cm³/mol. The fourth-order valence-electron chi connectivity index (χ4n) is 3.42. The van der Waals surface area contributed by atoms with E-state index in [1.807, 2.05) is 12.1 Å². The lowest BCUT2D eigenvalue weighted by atomic mass is 10.1. The SMILES string of the molecule is CCC(N(c1ccc(N)cc1)C(CC)[N+](C)(C)C)[N+](C)(C)C.Cl.Cl.[Cl-].[Cl-]. The van der Waals surface area contributed by atoms with Crippen LogP contribution < -0.4 is 35.4 Å². The Morgan fingerprint density at radius 1 is 0.769 bits per heavy atom. The summed E-state index contributed by atoms with van der Waals surface area (Å²) in [5.41, 5.74) is 7.97. The number of quaternary nitrogens is 2. The van der Waals surface area contributed by atoms with E-state index < -0.39 is 0 Å². The van der Waals surface area contributed by atoms with Crippen molar-refractivity contribution in [2.45, 2.75) is 39.0 Å². The molecule has 1 aromatic carbocycles. The van der Waals surface area contributed by atoms with E-state index in [9.17, 15) is 0 Å². The summed E-state index contributed by atoms with van der Waals surface area (Å²) in [7, 11) is 13.7. The van der Waals surface area contributed by atoms with Crippen LogP contribution in [0.4, 0.5) is 11.4 Å². The molecule has 2 N–H and O–H groups in total. The average Bonchev–Trinajstić information content (AvgIpc) is 2.36. The zero-order valence-corrected chi connectivity index (χ0v) is 20.5. The second-order valence-electron chi connectivity index (χ2n) is 8.01. The molecular formula is C18H38Cl4N4. The molecule has 2 atom stereocenters. The van der Waals surface area contributed by atoms with Gasteiger partial charge in [0, 0.05) is 24.2 Å². The molecule has 4 nitrogen and oxygen atoms in total. The minimum absolute atomic E-state index is 0. The highest BCUT2D eigenvalue weighted by Gasteiger charge is 2.39. The van der Waals surface area contributed by atoms with Crippen molar-refractivity contribution < 1.29 is 33.8 Å². The lowest BCUT2D eigenvalue weighted by molar-refractivity contribution is -0.918. The van der Waals surface area contributed by atoms with E-state index in [-0.39, 0.29) is 49.6 Å². The molecular weight excluding hydrogens is 414 g/mol. The molecule has 0 fully saturated rings. The lowest BCUT2D eigenvalue weighted by Gasteiger charge is -2.49. The first-order valence-corrected chi connectivity index (χ1v) is 8.28. The number of hydrogen-bond donors (Lipinski definition) is 1. The first-order valence-electron chi connectivity index (χ1n) is 8.28. The summed E-state index contributed by atoms with van der Waals surface area (Å²) in [4.78, 5) is 2.60. The van der Waals surface area contributed by atoms with Gasteiger partial charge in [0.05, 0.1) is 42.3 Å². The summed E-state index contributed by atoms with van der Waals surface area (Å²) < 4.78 is 1.83. The highest BCUT2D eigenvalue weighted by molar-refractivity contribution is 5.85. The van der Waals surface area contributed by atoms with Crippen LogP contribution in [0, 0.1) is 0 Å².